The van der Waals surface area contributed by atoms with Gasteiger partial charge in [-0.25, -0.2) is 0 Å². The van der Waals surface area contributed by atoms with Crippen molar-refractivity contribution in [2.75, 3.05) is 0 Å². The molecular formula is C8H8N2O2. The first-order valence-corrected chi connectivity index (χ1v) is 3.38. The summed E-state index contributed by atoms with van der Waals surface area (Å²) in [5, 5.41) is 3.45. The van der Waals surface area contributed by atoms with Gasteiger partial charge in [0.2, 0.25) is 0 Å². The van der Waals surface area contributed by atoms with Gasteiger partial charge in [0.15, 0.2) is 12.0 Å². The zero-order chi connectivity index (χ0) is 8.97. The number of hydrogen-bond acceptors (Lipinski definition) is 4. The van der Waals surface area contributed by atoms with E-state index in [1.165, 1.54) is 6.07 Å². The molecule has 1 rings (SSSR count). The Bertz CT molecular complexity index is 311. The SMILES string of the molecule is C#CCC(N)c1cc(C=O)no1. The number of rotatable bonds is 3. The van der Waals surface area contributed by atoms with Crippen LogP contribution in [0.25, 0.3) is 0 Å². The minimum Gasteiger partial charge on any atom is -0.359 e. The molecule has 0 saturated heterocycles. The highest BCUT2D eigenvalue weighted by atomic mass is 16.5. The van der Waals surface area contributed by atoms with E-state index < -0.39 is 0 Å². The highest BCUT2D eigenvalue weighted by Crippen LogP contribution is 2.13. The summed E-state index contributed by atoms with van der Waals surface area (Å²) in [5.41, 5.74) is 5.82. The molecule has 12 heavy (non-hydrogen) atoms. The molecule has 0 spiro atoms. The summed E-state index contributed by atoms with van der Waals surface area (Å²) >= 11 is 0. The zero-order valence-electron chi connectivity index (χ0n) is 6.36. The van der Waals surface area contributed by atoms with E-state index in [1.807, 2.05) is 0 Å². The molecule has 0 aliphatic carbocycles. The Labute approximate surface area is 69.7 Å². The number of hydrogen-bond donors (Lipinski definition) is 1. The molecule has 1 aromatic heterocycles. The van der Waals surface area contributed by atoms with Crippen LogP contribution in [0.2, 0.25) is 0 Å². The van der Waals surface area contributed by atoms with Gasteiger partial charge in [-0.1, -0.05) is 5.16 Å². The lowest BCUT2D eigenvalue weighted by molar-refractivity contribution is 0.111. The Kier molecular flexibility index (Phi) is 2.62. The third-order valence-electron chi connectivity index (χ3n) is 1.37. The normalized spacial score (nSPS) is 12.0. The summed E-state index contributed by atoms with van der Waals surface area (Å²) < 4.78 is 4.77. The van der Waals surface area contributed by atoms with E-state index >= 15 is 0 Å². The van der Waals surface area contributed by atoms with Crippen molar-refractivity contribution in [3.8, 4) is 12.3 Å². The topological polar surface area (TPSA) is 69.1 Å². The molecule has 1 atom stereocenters. The molecular weight excluding hydrogens is 156 g/mol. The van der Waals surface area contributed by atoms with Crippen molar-refractivity contribution in [2.45, 2.75) is 12.5 Å². The largest absolute Gasteiger partial charge is 0.359 e. The van der Waals surface area contributed by atoms with E-state index in [1.54, 1.807) is 0 Å². The summed E-state index contributed by atoms with van der Waals surface area (Å²) in [6.45, 7) is 0. The molecule has 0 fully saturated rings. The van der Waals surface area contributed by atoms with Gasteiger partial charge in [0.05, 0.1) is 6.04 Å². The molecule has 1 heterocycles. The molecule has 0 aromatic carbocycles. The Morgan fingerprint density at radius 2 is 2.67 bits per heavy atom. The van der Waals surface area contributed by atoms with Crippen LogP contribution in [-0.4, -0.2) is 11.4 Å². The van der Waals surface area contributed by atoms with Crippen molar-refractivity contribution in [3.63, 3.8) is 0 Å². The van der Waals surface area contributed by atoms with E-state index in [2.05, 4.69) is 11.1 Å². The van der Waals surface area contributed by atoms with Crippen molar-refractivity contribution in [1.82, 2.24) is 5.16 Å². The van der Waals surface area contributed by atoms with E-state index in [0.717, 1.165) is 0 Å². The van der Waals surface area contributed by atoms with Crippen molar-refractivity contribution < 1.29 is 9.32 Å². The van der Waals surface area contributed by atoms with Gasteiger partial charge < -0.3 is 10.3 Å². The van der Waals surface area contributed by atoms with Crippen molar-refractivity contribution in [2.24, 2.45) is 5.73 Å². The maximum absolute atomic E-state index is 10.2. The van der Waals surface area contributed by atoms with Crippen LogP contribution in [0.4, 0.5) is 0 Å². The van der Waals surface area contributed by atoms with Gasteiger partial charge in [-0.15, -0.1) is 12.3 Å². The fourth-order valence-electron chi connectivity index (χ4n) is 0.762. The number of carbonyl (C=O) groups is 1. The van der Waals surface area contributed by atoms with Crippen LogP contribution in [0, 0.1) is 12.3 Å². The van der Waals surface area contributed by atoms with Crippen molar-refractivity contribution in [3.05, 3.63) is 17.5 Å². The first-order valence-electron chi connectivity index (χ1n) is 3.38. The predicted octanol–water partition coefficient (Wildman–Crippen LogP) is 0.510. The molecule has 2 N–H and O–H groups in total. The van der Waals surface area contributed by atoms with Crippen LogP contribution in [0.5, 0.6) is 0 Å². The van der Waals surface area contributed by atoms with Crippen LogP contribution in [0.3, 0.4) is 0 Å². The van der Waals surface area contributed by atoms with Crippen LogP contribution in [0.1, 0.15) is 28.7 Å². The Morgan fingerprint density at radius 1 is 1.92 bits per heavy atom. The van der Waals surface area contributed by atoms with Gasteiger partial charge in [-0.2, -0.15) is 0 Å². The minimum atomic E-state index is -0.379. The fourth-order valence-corrected chi connectivity index (χ4v) is 0.762. The summed E-state index contributed by atoms with van der Waals surface area (Å²) in [4.78, 5) is 10.2. The predicted molar refractivity (Wildman–Crippen MR) is 42.3 cm³/mol. The molecule has 4 heteroatoms. The smallest absolute Gasteiger partial charge is 0.171 e. The monoisotopic (exact) mass is 164 g/mol. The average Bonchev–Trinajstić information content (AvgIpc) is 2.52. The highest BCUT2D eigenvalue weighted by molar-refractivity contribution is 5.71. The maximum atomic E-state index is 10.2. The van der Waals surface area contributed by atoms with Crippen molar-refractivity contribution in [1.29, 1.82) is 0 Å². The van der Waals surface area contributed by atoms with Gasteiger partial charge in [-0.3, -0.25) is 4.79 Å². The number of carbonyl (C=O) groups excluding carboxylic acids is 1. The average molecular weight is 164 g/mol. The number of aldehydes is 1. The number of nitrogens with zero attached hydrogens (tertiary/aromatic N) is 1. The van der Waals surface area contributed by atoms with Crippen molar-refractivity contribution >= 4 is 6.29 Å². The highest BCUT2D eigenvalue weighted by Gasteiger charge is 2.10. The molecule has 0 bridgehead atoms. The van der Waals surface area contributed by atoms with E-state index in [4.69, 9.17) is 16.7 Å². The first-order chi connectivity index (χ1) is 5.77. The standard InChI is InChI=1S/C8H8N2O2/c1-2-3-7(9)8-4-6(5-11)10-12-8/h1,4-5,7H,3,9H2. The maximum Gasteiger partial charge on any atom is 0.171 e. The summed E-state index contributed by atoms with van der Waals surface area (Å²) in [6.07, 6.45) is 6.01. The Morgan fingerprint density at radius 3 is 3.17 bits per heavy atom. The summed E-state index contributed by atoms with van der Waals surface area (Å²) in [5.74, 6) is 2.83. The van der Waals surface area contributed by atoms with Gasteiger partial charge >= 0.3 is 0 Å². The number of terminal acetylenes is 1. The summed E-state index contributed by atoms with van der Waals surface area (Å²) in [6, 6.07) is 1.10. The molecule has 0 aliphatic rings. The molecule has 0 radical (unpaired) electrons. The number of nitrogens with two attached hydrogens (primary N) is 1. The van der Waals surface area contributed by atoms with Crippen LogP contribution < -0.4 is 5.73 Å². The van der Waals surface area contributed by atoms with Gasteiger partial charge in [0.25, 0.3) is 0 Å². The van der Waals surface area contributed by atoms with Crippen LogP contribution in [0.15, 0.2) is 10.6 Å². The van der Waals surface area contributed by atoms with Gasteiger partial charge in [0.1, 0.15) is 5.69 Å². The fraction of sp³-hybridized carbons (Fsp3) is 0.250. The van der Waals surface area contributed by atoms with E-state index in [9.17, 15) is 4.79 Å². The first kappa shape index (κ1) is 8.50. The Hall–Kier alpha value is -1.60. The lowest BCUT2D eigenvalue weighted by Crippen LogP contribution is -2.07. The van der Waals surface area contributed by atoms with E-state index in [0.29, 0.717) is 18.5 Å². The molecule has 0 amide bonds. The molecule has 62 valence electrons. The summed E-state index contributed by atoms with van der Waals surface area (Å²) in [7, 11) is 0. The lowest BCUT2D eigenvalue weighted by Gasteiger charge is -1.99. The van der Waals surface area contributed by atoms with E-state index in [-0.39, 0.29) is 11.7 Å². The second-order valence-electron chi connectivity index (χ2n) is 2.29. The quantitative estimate of drug-likeness (QED) is 0.522. The second kappa shape index (κ2) is 3.69. The second-order valence-corrected chi connectivity index (χ2v) is 2.29. The van der Waals surface area contributed by atoms with Crippen LogP contribution >= 0.6 is 0 Å². The minimum absolute atomic E-state index is 0.234. The molecule has 0 aliphatic heterocycles. The molecule has 4 nitrogen and oxygen atoms in total. The Balaban J connectivity index is 2.75. The number of aromatic nitrogens is 1. The van der Waals surface area contributed by atoms with Crippen LogP contribution in [-0.2, 0) is 0 Å². The zero-order valence-corrected chi connectivity index (χ0v) is 6.36. The van der Waals surface area contributed by atoms with Gasteiger partial charge in [-0.05, 0) is 0 Å². The molecule has 0 saturated carbocycles. The third kappa shape index (κ3) is 1.71. The molecule has 1 unspecified atom stereocenters. The molecule has 1 aromatic rings. The third-order valence-corrected chi connectivity index (χ3v) is 1.37. The van der Waals surface area contributed by atoms with Gasteiger partial charge in [0, 0.05) is 12.5 Å². The lowest BCUT2D eigenvalue weighted by atomic mass is 10.2.